The lowest BCUT2D eigenvalue weighted by molar-refractivity contribution is 0.122. The predicted octanol–water partition coefficient (Wildman–Crippen LogP) is 2.86. The van der Waals surface area contributed by atoms with Crippen molar-refractivity contribution in [1.29, 1.82) is 0 Å². The van der Waals surface area contributed by atoms with Crippen LogP contribution in [0.2, 0.25) is 0 Å². The monoisotopic (exact) mass is 265 g/mol. The molecule has 0 aliphatic heterocycles. The van der Waals surface area contributed by atoms with Crippen LogP contribution in [0.3, 0.4) is 0 Å². The molecular weight excluding hydrogens is 238 g/mol. The number of nitrogens with zero attached hydrogens (tertiary/aromatic N) is 1. The Bertz CT molecular complexity index is 350. The van der Waals surface area contributed by atoms with E-state index in [-0.39, 0.29) is 6.61 Å². The van der Waals surface area contributed by atoms with Crippen molar-refractivity contribution < 1.29 is 9.84 Å². The number of benzene rings is 1. The number of hydrogen-bond donors (Lipinski definition) is 1. The SMILES string of the molecule is CCC(CC)N(CCO)CCOc1cccc(C)c1. The lowest BCUT2D eigenvalue weighted by Crippen LogP contribution is -2.39. The maximum atomic E-state index is 9.15. The summed E-state index contributed by atoms with van der Waals surface area (Å²) in [4.78, 5) is 2.32. The molecule has 0 atom stereocenters. The summed E-state index contributed by atoms with van der Waals surface area (Å²) in [5.41, 5.74) is 1.21. The van der Waals surface area contributed by atoms with Gasteiger partial charge in [0.05, 0.1) is 6.61 Å². The smallest absolute Gasteiger partial charge is 0.119 e. The van der Waals surface area contributed by atoms with Crippen LogP contribution in [0.15, 0.2) is 24.3 Å². The Labute approximate surface area is 117 Å². The van der Waals surface area contributed by atoms with Gasteiger partial charge in [-0.15, -0.1) is 0 Å². The van der Waals surface area contributed by atoms with Gasteiger partial charge in [-0.3, -0.25) is 4.90 Å². The van der Waals surface area contributed by atoms with E-state index in [4.69, 9.17) is 9.84 Å². The van der Waals surface area contributed by atoms with E-state index in [0.717, 1.165) is 31.7 Å². The molecule has 0 aliphatic carbocycles. The summed E-state index contributed by atoms with van der Waals surface area (Å²) >= 11 is 0. The minimum atomic E-state index is 0.209. The van der Waals surface area contributed by atoms with Crippen molar-refractivity contribution in [2.24, 2.45) is 0 Å². The first-order valence-electron chi connectivity index (χ1n) is 7.25. The quantitative estimate of drug-likeness (QED) is 0.745. The molecule has 3 nitrogen and oxygen atoms in total. The molecule has 1 aromatic carbocycles. The van der Waals surface area contributed by atoms with E-state index in [1.54, 1.807) is 0 Å². The first-order valence-corrected chi connectivity index (χ1v) is 7.25. The van der Waals surface area contributed by atoms with Crippen LogP contribution in [0.5, 0.6) is 5.75 Å². The molecule has 0 radical (unpaired) electrons. The number of aryl methyl sites for hydroxylation is 1. The van der Waals surface area contributed by atoms with Crippen LogP contribution in [0, 0.1) is 6.92 Å². The van der Waals surface area contributed by atoms with Gasteiger partial charge in [0.2, 0.25) is 0 Å². The van der Waals surface area contributed by atoms with Crippen LogP contribution in [-0.4, -0.2) is 42.4 Å². The second-order valence-corrected chi connectivity index (χ2v) is 4.89. The molecule has 0 aromatic heterocycles. The molecule has 0 heterocycles. The summed E-state index contributed by atoms with van der Waals surface area (Å²) in [6.45, 7) is 8.92. The van der Waals surface area contributed by atoms with Crippen LogP contribution in [0.4, 0.5) is 0 Å². The van der Waals surface area contributed by atoms with Gasteiger partial charge in [-0.05, 0) is 37.5 Å². The first kappa shape index (κ1) is 16.0. The standard InChI is InChI=1S/C16H27NO2/c1-4-15(5-2)17(9-11-18)10-12-19-16-8-6-7-14(3)13-16/h6-8,13,15,18H,4-5,9-12H2,1-3H3. The molecule has 0 saturated heterocycles. The van der Waals surface area contributed by atoms with Gasteiger partial charge in [0.25, 0.3) is 0 Å². The van der Waals surface area contributed by atoms with Gasteiger partial charge in [0.1, 0.15) is 12.4 Å². The minimum absolute atomic E-state index is 0.209. The van der Waals surface area contributed by atoms with Gasteiger partial charge in [0, 0.05) is 19.1 Å². The lowest BCUT2D eigenvalue weighted by Gasteiger charge is -2.29. The van der Waals surface area contributed by atoms with Crippen LogP contribution in [0.25, 0.3) is 0 Å². The lowest BCUT2D eigenvalue weighted by atomic mass is 10.1. The first-order chi connectivity index (χ1) is 9.21. The summed E-state index contributed by atoms with van der Waals surface area (Å²) in [6, 6.07) is 8.65. The average molecular weight is 265 g/mol. The largest absolute Gasteiger partial charge is 0.492 e. The fourth-order valence-corrected chi connectivity index (χ4v) is 2.40. The molecule has 0 amide bonds. The number of aliphatic hydroxyl groups is 1. The molecular formula is C16H27NO2. The Kier molecular flexibility index (Phi) is 7.53. The fourth-order valence-electron chi connectivity index (χ4n) is 2.40. The van der Waals surface area contributed by atoms with Crippen LogP contribution < -0.4 is 4.74 Å². The Morgan fingerprint density at radius 2 is 1.95 bits per heavy atom. The summed E-state index contributed by atoms with van der Waals surface area (Å²) in [7, 11) is 0. The molecule has 0 aliphatic rings. The molecule has 0 unspecified atom stereocenters. The number of rotatable bonds is 9. The summed E-state index contributed by atoms with van der Waals surface area (Å²) < 4.78 is 5.78. The highest BCUT2D eigenvalue weighted by molar-refractivity contribution is 5.27. The fraction of sp³-hybridized carbons (Fsp3) is 0.625. The van der Waals surface area contributed by atoms with E-state index >= 15 is 0 Å². The highest BCUT2D eigenvalue weighted by Gasteiger charge is 2.14. The predicted molar refractivity (Wildman–Crippen MR) is 79.7 cm³/mol. The zero-order chi connectivity index (χ0) is 14.1. The maximum Gasteiger partial charge on any atom is 0.119 e. The number of hydrogen-bond acceptors (Lipinski definition) is 3. The molecule has 1 N–H and O–H groups in total. The van der Waals surface area contributed by atoms with E-state index in [2.05, 4.69) is 31.7 Å². The number of ether oxygens (including phenoxy) is 1. The van der Waals surface area contributed by atoms with Crippen molar-refractivity contribution in [3.63, 3.8) is 0 Å². The summed E-state index contributed by atoms with van der Waals surface area (Å²) in [5, 5.41) is 9.15. The van der Waals surface area contributed by atoms with Gasteiger partial charge in [-0.1, -0.05) is 26.0 Å². The zero-order valence-corrected chi connectivity index (χ0v) is 12.4. The second-order valence-electron chi connectivity index (χ2n) is 4.89. The third-order valence-electron chi connectivity index (χ3n) is 3.48. The Morgan fingerprint density at radius 3 is 2.53 bits per heavy atom. The minimum Gasteiger partial charge on any atom is -0.492 e. The van der Waals surface area contributed by atoms with Crippen molar-refractivity contribution in [1.82, 2.24) is 4.90 Å². The molecule has 0 bridgehead atoms. The molecule has 0 saturated carbocycles. The summed E-state index contributed by atoms with van der Waals surface area (Å²) in [5.74, 6) is 0.925. The molecule has 19 heavy (non-hydrogen) atoms. The topological polar surface area (TPSA) is 32.7 Å². The van der Waals surface area contributed by atoms with Crippen LogP contribution in [-0.2, 0) is 0 Å². The zero-order valence-electron chi connectivity index (χ0n) is 12.4. The highest BCUT2D eigenvalue weighted by atomic mass is 16.5. The van der Waals surface area contributed by atoms with E-state index in [0.29, 0.717) is 12.6 Å². The highest BCUT2D eigenvalue weighted by Crippen LogP contribution is 2.13. The Balaban J connectivity index is 2.43. The van der Waals surface area contributed by atoms with E-state index in [1.165, 1.54) is 5.56 Å². The maximum absolute atomic E-state index is 9.15. The van der Waals surface area contributed by atoms with Crippen molar-refractivity contribution in [2.45, 2.75) is 39.7 Å². The van der Waals surface area contributed by atoms with Gasteiger partial charge in [-0.2, -0.15) is 0 Å². The third kappa shape index (κ3) is 5.62. The molecule has 0 fully saturated rings. The molecule has 108 valence electrons. The van der Waals surface area contributed by atoms with Gasteiger partial charge in [-0.25, -0.2) is 0 Å². The molecule has 1 rings (SSSR count). The number of aliphatic hydroxyl groups excluding tert-OH is 1. The van der Waals surface area contributed by atoms with Crippen molar-refractivity contribution in [3.8, 4) is 5.75 Å². The second kappa shape index (κ2) is 8.94. The van der Waals surface area contributed by atoms with Crippen molar-refractivity contribution >= 4 is 0 Å². The third-order valence-corrected chi connectivity index (χ3v) is 3.48. The van der Waals surface area contributed by atoms with Gasteiger partial charge >= 0.3 is 0 Å². The Hall–Kier alpha value is -1.06. The van der Waals surface area contributed by atoms with Crippen molar-refractivity contribution in [3.05, 3.63) is 29.8 Å². The average Bonchev–Trinajstić information content (AvgIpc) is 2.40. The van der Waals surface area contributed by atoms with Gasteiger partial charge < -0.3 is 9.84 Å². The van der Waals surface area contributed by atoms with E-state index in [1.807, 2.05) is 18.2 Å². The van der Waals surface area contributed by atoms with E-state index < -0.39 is 0 Å². The molecule has 0 spiro atoms. The van der Waals surface area contributed by atoms with E-state index in [9.17, 15) is 0 Å². The Morgan fingerprint density at radius 1 is 1.21 bits per heavy atom. The molecule has 1 aromatic rings. The summed E-state index contributed by atoms with van der Waals surface area (Å²) in [6.07, 6.45) is 2.22. The van der Waals surface area contributed by atoms with Crippen LogP contribution >= 0.6 is 0 Å². The normalized spacial score (nSPS) is 11.3. The molecule has 3 heteroatoms. The van der Waals surface area contributed by atoms with Crippen LogP contribution in [0.1, 0.15) is 32.3 Å². The van der Waals surface area contributed by atoms with Crippen molar-refractivity contribution in [2.75, 3.05) is 26.3 Å². The van der Waals surface area contributed by atoms with Gasteiger partial charge in [0.15, 0.2) is 0 Å².